The summed E-state index contributed by atoms with van der Waals surface area (Å²) < 4.78 is 25.6. The highest BCUT2D eigenvalue weighted by Gasteiger charge is 2.52. The smallest absolute Gasteiger partial charge is 0.400 e. The SMILES string of the molecule is CC1(C)OB(C(=Cc2ccnc(Cl)c2F)CO)OC1(C)C. The number of rotatable bonds is 3. The van der Waals surface area contributed by atoms with Crippen molar-refractivity contribution in [3.05, 3.63) is 34.3 Å². The molecule has 7 heteroatoms. The van der Waals surface area contributed by atoms with E-state index in [4.69, 9.17) is 20.9 Å². The second-order valence-corrected chi connectivity index (χ2v) is 6.33. The quantitative estimate of drug-likeness (QED) is 0.688. The molecule has 0 saturated carbocycles. The Bertz CT molecular complexity index is 561. The lowest BCUT2D eigenvalue weighted by atomic mass is 9.77. The van der Waals surface area contributed by atoms with Crippen LogP contribution in [-0.2, 0) is 9.31 Å². The van der Waals surface area contributed by atoms with E-state index >= 15 is 0 Å². The van der Waals surface area contributed by atoms with Gasteiger partial charge in [-0.25, -0.2) is 9.37 Å². The van der Waals surface area contributed by atoms with E-state index in [2.05, 4.69) is 4.98 Å². The minimum absolute atomic E-state index is 0.213. The van der Waals surface area contributed by atoms with Gasteiger partial charge in [0, 0.05) is 11.8 Å². The third-order valence-electron chi connectivity index (χ3n) is 3.96. The van der Waals surface area contributed by atoms with Crippen LogP contribution in [-0.4, -0.2) is 35.0 Å². The Labute approximate surface area is 129 Å². The number of halogens is 2. The van der Waals surface area contributed by atoms with Gasteiger partial charge in [0.25, 0.3) is 0 Å². The number of pyridine rings is 1. The Morgan fingerprint density at radius 2 is 1.95 bits per heavy atom. The molecule has 0 bridgehead atoms. The lowest BCUT2D eigenvalue weighted by Gasteiger charge is -2.32. The van der Waals surface area contributed by atoms with Crippen molar-refractivity contribution in [1.82, 2.24) is 4.98 Å². The maximum Gasteiger partial charge on any atom is 0.492 e. The molecule has 0 aliphatic carbocycles. The molecule has 1 aliphatic rings. The van der Waals surface area contributed by atoms with Crippen molar-refractivity contribution in [3.63, 3.8) is 0 Å². The Morgan fingerprint density at radius 1 is 1.38 bits per heavy atom. The van der Waals surface area contributed by atoms with Gasteiger partial charge in [-0.15, -0.1) is 0 Å². The minimum Gasteiger partial charge on any atom is -0.400 e. The fraction of sp³-hybridized carbons (Fsp3) is 0.500. The highest BCUT2D eigenvalue weighted by atomic mass is 35.5. The van der Waals surface area contributed by atoms with Crippen LogP contribution in [0.1, 0.15) is 33.3 Å². The fourth-order valence-corrected chi connectivity index (χ4v) is 2.09. The van der Waals surface area contributed by atoms with E-state index in [1.165, 1.54) is 18.3 Å². The van der Waals surface area contributed by atoms with E-state index in [9.17, 15) is 9.50 Å². The van der Waals surface area contributed by atoms with E-state index < -0.39 is 24.1 Å². The topological polar surface area (TPSA) is 51.6 Å². The number of hydrogen-bond donors (Lipinski definition) is 1. The first-order chi connectivity index (χ1) is 9.68. The minimum atomic E-state index is -0.730. The molecule has 0 amide bonds. The summed E-state index contributed by atoms with van der Waals surface area (Å²) in [6, 6.07) is 1.47. The molecule has 114 valence electrons. The maximum absolute atomic E-state index is 13.9. The molecule has 1 N–H and O–H groups in total. The van der Waals surface area contributed by atoms with Crippen LogP contribution in [0.25, 0.3) is 6.08 Å². The Kier molecular flexibility index (Phi) is 4.45. The molecule has 2 rings (SSSR count). The monoisotopic (exact) mass is 313 g/mol. The molecule has 1 saturated heterocycles. The number of nitrogens with zero attached hydrogens (tertiary/aromatic N) is 1. The van der Waals surface area contributed by atoms with Crippen molar-refractivity contribution in [1.29, 1.82) is 0 Å². The van der Waals surface area contributed by atoms with Gasteiger partial charge >= 0.3 is 7.12 Å². The van der Waals surface area contributed by atoms with Gasteiger partial charge < -0.3 is 14.4 Å². The summed E-state index contributed by atoms with van der Waals surface area (Å²) in [4.78, 5) is 3.65. The van der Waals surface area contributed by atoms with E-state index in [0.29, 0.717) is 5.47 Å². The summed E-state index contributed by atoms with van der Waals surface area (Å²) in [5.74, 6) is -0.637. The van der Waals surface area contributed by atoms with E-state index in [1.54, 1.807) is 0 Å². The summed E-state index contributed by atoms with van der Waals surface area (Å²) in [5, 5.41) is 9.34. The lowest BCUT2D eigenvalue weighted by molar-refractivity contribution is 0.00578. The molecule has 21 heavy (non-hydrogen) atoms. The van der Waals surface area contributed by atoms with Crippen LogP contribution >= 0.6 is 11.6 Å². The van der Waals surface area contributed by atoms with Crippen molar-refractivity contribution in [3.8, 4) is 0 Å². The van der Waals surface area contributed by atoms with Gasteiger partial charge in [0.2, 0.25) is 0 Å². The van der Waals surface area contributed by atoms with Crippen molar-refractivity contribution in [2.45, 2.75) is 38.9 Å². The predicted molar refractivity (Wildman–Crippen MR) is 80.3 cm³/mol. The van der Waals surface area contributed by atoms with Gasteiger partial charge in [-0.05, 0) is 39.2 Å². The third-order valence-corrected chi connectivity index (χ3v) is 4.22. The van der Waals surface area contributed by atoms with Crippen LogP contribution in [0.5, 0.6) is 0 Å². The molecule has 1 aliphatic heterocycles. The highest BCUT2D eigenvalue weighted by molar-refractivity contribution is 6.55. The number of aliphatic hydroxyl groups is 1. The van der Waals surface area contributed by atoms with Crippen LogP contribution in [0.15, 0.2) is 17.7 Å². The van der Waals surface area contributed by atoms with Crippen LogP contribution in [0.4, 0.5) is 4.39 Å². The van der Waals surface area contributed by atoms with Gasteiger partial charge in [0.1, 0.15) is 0 Å². The maximum atomic E-state index is 13.9. The Balaban J connectivity index is 2.33. The average Bonchev–Trinajstić information content (AvgIpc) is 2.60. The zero-order valence-corrected chi connectivity index (χ0v) is 13.2. The van der Waals surface area contributed by atoms with Gasteiger partial charge in [-0.3, -0.25) is 0 Å². The molecular formula is C14H18BClFNO3. The molecule has 2 heterocycles. The predicted octanol–water partition coefficient (Wildman–Crippen LogP) is 2.88. The second kappa shape index (κ2) is 5.68. The summed E-state index contributed by atoms with van der Waals surface area (Å²) in [5.41, 5.74) is -0.399. The van der Waals surface area contributed by atoms with Gasteiger partial charge in [0.15, 0.2) is 11.0 Å². The van der Waals surface area contributed by atoms with E-state index in [0.717, 1.165) is 0 Å². The molecule has 1 fully saturated rings. The molecular weight excluding hydrogens is 295 g/mol. The summed E-state index contributed by atoms with van der Waals surface area (Å²) in [6.07, 6.45) is 2.88. The molecule has 1 aromatic heterocycles. The fourth-order valence-electron chi connectivity index (χ4n) is 1.93. The van der Waals surface area contributed by atoms with Crippen molar-refractivity contribution >= 4 is 24.8 Å². The molecule has 0 atom stereocenters. The normalized spacial score (nSPS) is 20.9. The van der Waals surface area contributed by atoms with Gasteiger partial charge in [-0.1, -0.05) is 17.7 Å². The summed E-state index contributed by atoms with van der Waals surface area (Å²) >= 11 is 5.65. The van der Waals surface area contributed by atoms with E-state index in [-0.39, 0.29) is 17.3 Å². The van der Waals surface area contributed by atoms with E-state index in [1.807, 2.05) is 27.7 Å². The Hall–Kier alpha value is -0.945. The number of aliphatic hydroxyl groups excluding tert-OH is 1. The van der Waals surface area contributed by atoms with Crippen LogP contribution < -0.4 is 0 Å². The zero-order chi connectivity index (χ0) is 15.8. The summed E-state index contributed by atoms with van der Waals surface area (Å²) in [7, 11) is -0.730. The van der Waals surface area contributed by atoms with Crippen molar-refractivity contribution in [2.24, 2.45) is 0 Å². The Morgan fingerprint density at radius 3 is 2.48 bits per heavy atom. The second-order valence-electron chi connectivity index (χ2n) is 5.97. The average molecular weight is 314 g/mol. The molecule has 0 aromatic carbocycles. The van der Waals surface area contributed by atoms with Crippen LogP contribution in [0.2, 0.25) is 5.15 Å². The van der Waals surface area contributed by atoms with Crippen molar-refractivity contribution < 1.29 is 18.8 Å². The van der Waals surface area contributed by atoms with Gasteiger partial charge in [-0.2, -0.15) is 0 Å². The lowest BCUT2D eigenvalue weighted by Crippen LogP contribution is -2.41. The molecule has 0 radical (unpaired) electrons. The van der Waals surface area contributed by atoms with Crippen LogP contribution in [0, 0.1) is 5.82 Å². The third kappa shape index (κ3) is 3.13. The molecule has 0 unspecified atom stereocenters. The molecule has 0 spiro atoms. The van der Waals surface area contributed by atoms with Gasteiger partial charge in [0.05, 0.1) is 17.8 Å². The standard InChI is InChI=1S/C14H18BClFNO3/c1-13(2)14(3,4)21-15(20-13)10(8-19)7-9-5-6-18-12(16)11(9)17/h5-7,19H,8H2,1-4H3. The molecule has 1 aromatic rings. The largest absolute Gasteiger partial charge is 0.492 e. The number of hydrogen-bond acceptors (Lipinski definition) is 4. The highest BCUT2D eigenvalue weighted by Crippen LogP contribution is 2.38. The zero-order valence-electron chi connectivity index (χ0n) is 12.5. The first kappa shape index (κ1) is 16.4. The summed E-state index contributed by atoms with van der Waals surface area (Å²) in [6.45, 7) is 7.33. The number of aromatic nitrogens is 1. The van der Waals surface area contributed by atoms with Crippen LogP contribution in [0.3, 0.4) is 0 Å². The first-order valence-corrected chi connectivity index (χ1v) is 7.03. The van der Waals surface area contributed by atoms with Crippen molar-refractivity contribution in [2.75, 3.05) is 6.61 Å². The molecule has 4 nitrogen and oxygen atoms in total. The first-order valence-electron chi connectivity index (χ1n) is 6.65.